The summed E-state index contributed by atoms with van der Waals surface area (Å²) in [5.74, 6) is -4.48. The third-order valence-corrected chi connectivity index (χ3v) is 7.42. The molecule has 272 valence electrons. The second-order valence-electron chi connectivity index (χ2n) is 11.4. The van der Waals surface area contributed by atoms with Crippen molar-refractivity contribution in [1.29, 1.82) is 0 Å². The van der Waals surface area contributed by atoms with E-state index in [1.807, 2.05) is 0 Å². The maximum Gasteiger partial charge on any atom is 0.573 e. The van der Waals surface area contributed by atoms with Crippen molar-refractivity contribution < 1.29 is 63.7 Å². The van der Waals surface area contributed by atoms with Crippen molar-refractivity contribution in [1.82, 2.24) is 0 Å². The molecule has 0 aliphatic heterocycles. The number of benzene rings is 4. The molecule has 0 bridgehead atoms. The first kappa shape index (κ1) is 38.7. The van der Waals surface area contributed by atoms with Crippen molar-refractivity contribution in [2.75, 3.05) is 0 Å². The fraction of sp³-hybridized carbons (Fsp3) is 0.297. The van der Waals surface area contributed by atoms with E-state index in [1.54, 1.807) is 24.3 Å². The molecule has 0 aliphatic carbocycles. The zero-order chi connectivity index (χ0) is 37.0. The van der Waals surface area contributed by atoms with E-state index in [0.717, 1.165) is 56.4 Å². The number of carbonyl (C=O) groups is 2. The van der Waals surface area contributed by atoms with Gasteiger partial charge in [0.15, 0.2) is 23.1 Å². The lowest BCUT2D eigenvalue weighted by molar-refractivity contribution is -0.276. The lowest BCUT2D eigenvalue weighted by atomic mass is 10.1. The summed E-state index contributed by atoms with van der Waals surface area (Å²) in [5.41, 5.74) is 1.65. The van der Waals surface area contributed by atoms with Crippen LogP contribution in [0.4, 0.5) is 35.1 Å². The summed E-state index contributed by atoms with van der Waals surface area (Å²) in [6.07, 6.45) is -4.02. The molecule has 0 aliphatic rings. The standard InChI is InChI=1S/C37H32F8O6/c38-30-22-26(14-20-32(30)50-36(40,41)42)24-10-16-28(17-11-24)48-34(46)8-6-4-2-1-3-5-7-9-35(47)49-29-18-12-25(13-19-29)27-15-21-33(31(39)23-27)51-37(43,44)45/h10-23H,1-9H2. The Hall–Kier alpha value is -5.14. The second-order valence-corrected chi connectivity index (χ2v) is 11.4. The van der Waals surface area contributed by atoms with Gasteiger partial charge in [-0.1, -0.05) is 68.5 Å². The number of alkyl halides is 6. The van der Waals surface area contributed by atoms with Gasteiger partial charge in [0, 0.05) is 12.8 Å². The summed E-state index contributed by atoms with van der Waals surface area (Å²) in [4.78, 5) is 24.4. The Morgan fingerprint density at radius 2 is 0.765 bits per heavy atom. The second kappa shape index (κ2) is 17.7. The minimum absolute atomic E-state index is 0.209. The van der Waals surface area contributed by atoms with Gasteiger partial charge < -0.3 is 18.9 Å². The lowest BCUT2D eigenvalue weighted by Gasteiger charge is -2.11. The SMILES string of the molecule is O=C(CCCCCCCCCC(=O)Oc1ccc(-c2ccc(OC(F)(F)F)c(F)c2)cc1)Oc1ccc(-c2ccc(OC(F)(F)F)c(F)c2)cc1. The molecular weight excluding hydrogens is 692 g/mol. The van der Waals surface area contributed by atoms with E-state index in [-0.39, 0.29) is 24.3 Å². The maximum atomic E-state index is 14.0. The molecule has 14 heteroatoms. The minimum Gasteiger partial charge on any atom is -0.427 e. The molecule has 0 heterocycles. The average Bonchev–Trinajstić information content (AvgIpc) is 3.05. The van der Waals surface area contributed by atoms with Crippen LogP contribution in [-0.2, 0) is 9.59 Å². The van der Waals surface area contributed by atoms with Gasteiger partial charge in [-0.2, -0.15) is 0 Å². The van der Waals surface area contributed by atoms with Crippen molar-refractivity contribution in [2.24, 2.45) is 0 Å². The molecule has 0 N–H and O–H groups in total. The first-order valence-electron chi connectivity index (χ1n) is 15.9. The van der Waals surface area contributed by atoms with E-state index >= 15 is 0 Å². The van der Waals surface area contributed by atoms with E-state index in [1.165, 1.54) is 36.4 Å². The Bertz CT molecular complexity index is 1620. The lowest BCUT2D eigenvalue weighted by Crippen LogP contribution is -2.17. The van der Waals surface area contributed by atoms with Crippen molar-refractivity contribution in [3.8, 4) is 45.3 Å². The Kier molecular flexibility index (Phi) is 13.4. The van der Waals surface area contributed by atoms with E-state index in [9.17, 15) is 44.7 Å². The molecule has 0 unspecified atom stereocenters. The number of esters is 2. The van der Waals surface area contributed by atoms with Crippen LogP contribution >= 0.6 is 0 Å². The predicted octanol–water partition coefficient (Wildman–Crippen LogP) is 11.1. The molecule has 0 spiro atoms. The first-order chi connectivity index (χ1) is 24.1. The van der Waals surface area contributed by atoms with Crippen molar-refractivity contribution in [2.45, 2.75) is 70.5 Å². The number of rotatable bonds is 16. The molecular formula is C37H32F8O6. The summed E-state index contributed by atoms with van der Waals surface area (Å²) >= 11 is 0. The van der Waals surface area contributed by atoms with E-state index in [0.29, 0.717) is 35.1 Å². The largest absolute Gasteiger partial charge is 0.573 e. The number of unbranched alkanes of at least 4 members (excludes halogenated alkanes) is 6. The molecule has 4 aromatic carbocycles. The van der Waals surface area contributed by atoms with Crippen LogP contribution in [0.2, 0.25) is 0 Å². The van der Waals surface area contributed by atoms with Crippen LogP contribution in [0.3, 0.4) is 0 Å². The quantitative estimate of drug-likeness (QED) is 0.0496. The van der Waals surface area contributed by atoms with Gasteiger partial charge >= 0.3 is 24.7 Å². The minimum atomic E-state index is -5.01. The van der Waals surface area contributed by atoms with Gasteiger partial charge in [-0.05, 0) is 83.6 Å². The highest BCUT2D eigenvalue weighted by atomic mass is 19.4. The molecule has 0 radical (unpaired) electrons. The Balaban J connectivity index is 1.05. The smallest absolute Gasteiger partial charge is 0.427 e. The molecule has 4 rings (SSSR count). The summed E-state index contributed by atoms with van der Waals surface area (Å²) < 4.78 is 120. The molecule has 0 aromatic heterocycles. The van der Waals surface area contributed by atoms with Gasteiger partial charge in [-0.3, -0.25) is 9.59 Å². The Labute approximate surface area is 287 Å². The number of halogens is 8. The Morgan fingerprint density at radius 1 is 0.451 bits per heavy atom. The number of hydrogen-bond acceptors (Lipinski definition) is 6. The van der Waals surface area contributed by atoms with E-state index in [4.69, 9.17) is 9.47 Å². The molecule has 4 aromatic rings. The van der Waals surface area contributed by atoms with Crippen molar-refractivity contribution in [3.05, 3.63) is 96.6 Å². The average molecular weight is 725 g/mol. The van der Waals surface area contributed by atoms with Gasteiger partial charge in [0.25, 0.3) is 0 Å². The molecule has 0 saturated carbocycles. The van der Waals surface area contributed by atoms with Gasteiger partial charge in [0.2, 0.25) is 0 Å². The highest BCUT2D eigenvalue weighted by molar-refractivity contribution is 5.74. The van der Waals surface area contributed by atoms with Crippen LogP contribution < -0.4 is 18.9 Å². The monoisotopic (exact) mass is 724 g/mol. The summed E-state index contributed by atoms with van der Waals surface area (Å²) in [6.45, 7) is 0. The third-order valence-electron chi connectivity index (χ3n) is 7.42. The number of hydrogen-bond donors (Lipinski definition) is 0. The maximum absolute atomic E-state index is 14.0. The van der Waals surface area contributed by atoms with Crippen molar-refractivity contribution >= 4 is 11.9 Å². The van der Waals surface area contributed by atoms with Crippen LogP contribution in [0.5, 0.6) is 23.0 Å². The van der Waals surface area contributed by atoms with E-state index < -0.39 is 47.8 Å². The van der Waals surface area contributed by atoms with Gasteiger partial charge in [-0.15, -0.1) is 26.3 Å². The Morgan fingerprint density at radius 3 is 1.08 bits per heavy atom. The molecule has 51 heavy (non-hydrogen) atoms. The van der Waals surface area contributed by atoms with Gasteiger partial charge in [0.1, 0.15) is 11.5 Å². The first-order valence-corrected chi connectivity index (χ1v) is 15.9. The zero-order valence-electron chi connectivity index (χ0n) is 26.9. The van der Waals surface area contributed by atoms with Crippen LogP contribution in [0.25, 0.3) is 22.3 Å². The fourth-order valence-corrected chi connectivity index (χ4v) is 4.99. The predicted molar refractivity (Wildman–Crippen MR) is 170 cm³/mol. The summed E-state index contributed by atoms with van der Waals surface area (Å²) in [7, 11) is 0. The zero-order valence-corrected chi connectivity index (χ0v) is 26.9. The number of carbonyl (C=O) groups excluding carboxylic acids is 2. The molecule has 0 fully saturated rings. The van der Waals surface area contributed by atoms with Crippen LogP contribution in [0, 0.1) is 11.6 Å². The molecule has 6 nitrogen and oxygen atoms in total. The molecule has 0 saturated heterocycles. The van der Waals surface area contributed by atoms with Crippen LogP contribution in [0.1, 0.15) is 57.8 Å². The number of ether oxygens (including phenoxy) is 4. The fourth-order valence-electron chi connectivity index (χ4n) is 4.99. The highest BCUT2D eigenvalue weighted by Crippen LogP contribution is 2.32. The van der Waals surface area contributed by atoms with Crippen LogP contribution in [-0.4, -0.2) is 24.7 Å². The summed E-state index contributed by atoms with van der Waals surface area (Å²) in [5, 5.41) is 0. The van der Waals surface area contributed by atoms with Crippen molar-refractivity contribution in [3.63, 3.8) is 0 Å². The van der Waals surface area contributed by atoms with E-state index in [2.05, 4.69) is 9.47 Å². The summed E-state index contributed by atoms with van der Waals surface area (Å²) in [6, 6.07) is 18.4. The topological polar surface area (TPSA) is 71.1 Å². The molecule has 0 atom stereocenters. The normalized spacial score (nSPS) is 11.6. The highest BCUT2D eigenvalue weighted by Gasteiger charge is 2.33. The van der Waals surface area contributed by atoms with Gasteiger partial charge in [0.05, 0.1) is 0 Å². The third kappa shape index (κ3) is 13.3. The molecule has 0 amide bonds. The van der Waals surface area contributed by atoms with Crippen LogP contribution in [0.15, 0.2) is 84.9 Å². The van der Waals surface area contributed by atoms with Gasteiger partial charge in [-0.25, -0.2) is 8.78 Å².